The predicted molar refractivity (Wildman–Crippen MR) is 394 cm³/mol. The van der Waals surface area contributed by atoms with Crippen LogP contribution in [0, 0.1) is 62.3 Å². The van der Waals surface area contributed by atoms with Gasteiger partial charge >= 0.3 is 11.7 Å². The molecule has 0 amide bonds. The Balaban J connectivity index is 0.0000000933. The first-order chi connectivity index (χ1) is 47.4. The van der Waals surface area contributed by atoms with Gasteiger partial charge in [-0.2, -0.15) is 9.97 Å². The van der Waals surface area contributed by atoms with Crippen molar-refractivity contribution in [1.29, 1.82) is 0 Å². The molecule has 17 heteroatoms. The van der Waals surface area contributed by atoms with Gasteiger partial charge in [0.05, 0.1) is 33.6 Å². The van der Waals surface area contributed by atoms with E-state index in [1.165, 1.54) is 66.0 Å². The fourth-order valence-electron chi connectivity index (χ4n) is 13.0. The Hall–Kier alpha value is -12.1. The molecule has 0 saturated heterocycles. The quantitative estimate of drug-likeness (QED) is 0.143. The van der Waals surface area contributed by atoms with Crippen molar-refractivity contribution in [2.45, 2.75) is 62.3 Å². The van der Waals surface area contributed by atoms with Crippen LogP contribution >= 0.6 is 0 Å². The zero-order valence-corrected chi connectivity index (χ0v) is 57.3. The van der Waals surface area contributed by atoms with Crippen LogP contribution in [0.1, 0.15) is 51.4 Å². The van der Waals surface area contributed by atoms with Crippen molar-refractivity contribution >= 4 is 144 Å². The zero-order chi connectivity index (χ0) is 67.9. The average molecular weight is 1300 g/mol. The van der Waals surface area contributed by atoms with E-state index < -0.39 is 0 Å². The molecule has 0 bridgehead atoms. The normalized spacial score (nSPS) is 11.6. The molecule has 0 fully saturated rings. The van der Waals surface area contributed by atoms with Gasteiger partial charge in [-0.3, -0.25) is 8.80 Å². The molecule has 14 aromatic heterocycles. The molecule has 21 aromatic rings. The Kier molecular flexibility index (Phi) is 15.6. The lowest BCUT2D eigenvalue weighted by atomic mass is 10.2. The lowest BCUT2D eigenvalue weighted by Crippen LogP contribution is -1.89. The highest BCUT2D eigenvalue weighted by Crippen LogP contribution is 2.36. The van der Waals surface area contributed by atoms with Crippen molar-refractivity contribution in [2.75, 3.05) is 0 Å². The Morgan fingerprint density at radius 2 is 0.745 bits per heavy atom. The van der Waals surface area contributed by atoms with Gasteiger partial charge in [-0.05, 0) is 135 Å². The maximum Gasteiger partial charge on any atom is 0.307 e. The van der Waals surface area contributed by atoms with Crippen molar-refractivity contribution in [3.05, 3.63) is 246 Å². The van der Waals surface area contributed by atoms with Gasteiger partial charge in [-0.25, -0.2) is 4.98 Å². The van der Waals surface area contributed by atoms with Gasteiger partial charge in [-0.15, -0.1) is 0 Å². The summed E-state index contributed by atoms with van der Waals surface area (Å²) in [5, 5.41) is 9.55. The van der Waals surface area contributed by atoms with Gasteiger partial charge in [0.2, 0.25) is 11.4 Å². The lowest BCUT2D eigenvalue weighted by Gasteiger charge is -1.96. The molecule has 0 N–H and O–H groups in total. The summed E-state index contributed by atoms with van der Waals surface area (Å²) in [6.07, 6.45) is 4.15. The minimum atomic E-state index is 0.682. The lowest BCUT2D eigenvalue weighted by molar-refractivity contribution is 0.625. The van der Waals surface area contributed by atoms with Gasteiger partial charge in [-0.1, -0.05) is 103 Å². The predicted octanol–water partition coefficient (Wildman–Crippen LogP) is 21.0. The number of hydrogen-bond donors (Lipinski definition) is 0. The summed E-state index contributed by atoms with van der Waals surface area (Å²) in [5.74, 6) is 2.34. The smallest absolute Gasteiger partial charge is 0.307 e. The van der Waals surface area contributed by atoms with E-state index in [1.54, 1.807) is 0 Å². The van der Waals surface area contributed by atoms with Gasteiger partial charge in [0, 0.05) is 125 Å². The molecule has 21 rings (SSSR count). The number of para-hydroxylation sites is 9. The van der Waals surface area contributed by atoms with Crippen LogP contribution < -0.4 is 0 Å². The highest BCUT2D eigenvalue weighted by atomic mass is 16.4. The highest BCUT2D eigenvalue weighted by Gasteiger charge is 2.18. The number of rotatable bonds is 0. The number of oxazole rings is 2. The number of benzene rings is 7. The summed E-state index contributed by atoms with van der Waals surface area (Å²) >= 11 is 0. The van der Waals surface area contributed by atoms with Crippen LogP contribution in [0.5, 0.6) is 0 Å². The van der Waals surface area contributed by atoms with Crippen LogP contribution in [0.2, 0.25) is 0 Å². The van der Waals surface area contributed by atoms with Gasteiger partial charge in [0.15, 0.2) is 27.9 Å². The SMILES string of the molecule is Cc1c2c(cn1C)oc1ccccc12.Cc1c2oc3ccccc3c2cn1C.Cc1cc2c3ccccc3oc2n1C.Cc1cc2oc3ccccc3c2n1C.Cc1nc2c3ccccc3oc2n1C.Cc1nc2oc3ccccc3n2c1C.Cc1nc2oc3ccccc3n2c1C. The molecule has 17 nitrogen and oxygen atoms in total. The topological polar surface area (TPSA) is 164 Å². The van der Waals surface area contributed by atoms with Crippen molar-refractivity contribution < 1.29 is 30.9 Å². The molecule has 0 aliphatic rings. The minimum absolute atomic E-state index is 0.682. The van der Waals surface area contributed by atoms with E-state index in [9.17, 15) is 0 Å². The third-order valence-corrected chi connectivity index (χ3v) is 19.1. The molecular formula is C81H74N10O7. The maximum atomic E-state index is 5.78. The van der Waals surface area contributed by atoms with E-state index in [1.807, 2.05) is 214 Å². The molecule has 0 aliphatic carbocycles. The standard InChI is InChI=1S/4C12H11NO.3C11H10N2O/c1-8-12-10(7-13(8)2)9-5-3-4-6-11(9)14-12;1-8-12-9-5-3-4-6-10(9)14-11(12)7-13(8)2;1-8-7-10-9-5-3-4-6-11(9)14-12(10)13(8)2;1-8-7-11-12(13(8)2)9-5-3-4-6-10(9)14-11;1-7-12-10-8-5-3-4-6-9(8)14-11(10)13(7)2;2*1-7-8(2)13-9-5-3-4-6-10(9)14-11(13)12-7/h4*3-7H,1-2H3;3*3-6H,1-2H3. The molecular weight excluding hydrogens is 1220 g/mol. The molecule has 0 spiro atoms. The third-order valence-electron chi connectivity index (χ3n) is 19.1. The first kappa shape index (κ1) is 62.0. The highest BCUT2D eigenvalue weighted by molar-refractivity contribution is 6.08. The van der Waals surface area contributed by atoms with E-state index in [0.717, 1.165) is 118 Å². The molecule has 0 unspecified atom stereocenters. The van der Waals surface area contributed by atoms with Crippen molar-refractivity contribution in [2.24, 2.45) is 35.2 Å². The third kappa shape index (κ3) is 10.6. The van der Waals surface area contributed by atoms with E-state index in [4.69, 9.17) is 30.9 Å². The second-order valence-corrected chi connectivity index (χ2v) is 25.1. The molecule has 0 saturated carbocycles. The summed E-state index contributed by atoms with van der Waals surface area (Å²) in [5.41, 5.74) is 24.9. The van der Waals surface area contributed by atoms with Crippen LogP contribution in [0.4, 0.5) is 0 Å². The Labute approximate surface area is 562 Å². The van der Waals surface area contributed by atoms with Gasteiger partial charge in [0.1, 0.15) is 39.3 Å². The first-order valence-corrected chi connectivity index (χ1v) is 32.6. The van der Waals surface area contributed by atoms with Crippen molar-refractivity contribution in [3.8, 4) is 0 Å². The Morgan fingerprint density at radius 1 is 0.306 bits per heavy atom. The number of aromatic nitrogens is 10. The summed E-state index contributed by atoms with van der Waals surface area (Å²) in [7, 11) is 10.1. The summed E-state index contributed by atoms with van der Waals surface area (Å²) < 4.78 is 54.4. The van der Waals surface area contributed by atoms with E-state index in [2.05, 4.69) is 124 Å². The van der Waals surface area contributed by atoms with Crippen LogP contribution in [0.15, 0.2) is 225 Å². The van der Waals surface area contributed by atoms with Gasteiger partial charge in [0.25, 0.3) is 0 Å². The minimum Gasteiger partial charge on any atom is -0.454 e. The largest absolute Gasteiger partial charge is 0.454 e. The molecule has 490 valence electrons. The Morgan fingerprint density at radius 3 is 1.34 bits per heavy atom. The van der Waals surface area contributed by atoms with E-state index in [-0.39, 0.29) is 0 Å². The number of imidazole rings is 3. The van der Waals surface area contributed by atoms with Crippen molar-refractivity contribution in [3.63, 3.8) is 0 Å². The van der Waals surface area contributed by atoms with Crippen LogP contribution in [-0.4, -0.2) is 46.6 Å². The second kappa shape index (κ2) is 24.6. The number of aryl methyl sites for hydroxylation is 14. The van der Waals surface area contributed by atoms with Crippen LogP contribution in [-0.2, 0) is 35.2 Å². The summed E-state index contributed by atoms with van der Waals surface area (Å²) in [6.45, 7) is 18.4. The van der Waals surface area contributed by atoms with Crippen LogP contribution in [0.25, 0.3) is 144 Å². The number of furan rings is 5. The average Bonchev–Trinajstić information content (AvgIpc) is 1.68. The zero-order valence-electron chi connectivity index (χ0n) is 57.3. The first-order valence-electron chi connectivity index (χ1n) is 32.6. The molecule has 14 heterocycles. The van der Waals surface area contributed by atoms with Crippen LogP contribution in [0.3, 0.4) is 0 Å². The fraction of sp³-hybridized carbons (Fsp3) is 0.173. The maximum absolute atomic E-state index is 5.78. The Bertz CT molecular complexity index is 5790. The van der Waals surface area contributed by atoms with E-state index in [0.29, 0.717) is 11.7 Å². The van der Waals surface area contributed by atoms with E-state index >= 15 is 0 Å². The molecule has 0 radical (unpaired) electrons. The second-order valence-electron chi connectivity index (χ2n) is 25.1. The number of fused-ring (bicyclic) bond motifs is 21. The molecule has 0 atom stereocenters. The summed E-state index contributed by atoms with van der Waals surface area (Å²) in [4.78, 5) is 13.2. The molecule has 7 aromatic carbocycles. The summed E-state index contributed by atoms with van der Waals surface area (Å²) in [6, 6.07) is 60.7. The fourth-order valence-corrected chi connectivity index (χ4v) is 13.0. The molecule has 98 heavy (non-hydrogen) atoms. The monoisotopic (exact) mass is 1300 g/mol. The van der Waals surface area contributed by atoms with Crippen molar-refractivity contribution in [1.82, 2.24) is 46.6 Å². The number of nitrogens with zero attached hydrogens (tertiary/aromatic N) is 10. The molecule has 0 aliphatic heterocycles. The number of hydrogen-bond acceptors (Lipinski definition) is 10. The van der Waals surface area contributed by atoms with Gasteiger partial charge < -0.3 is 53.8 Å².